The second kappa shape index (κ2) is 3.43. The summed E-state index contributed by atoms with van der Waals surface area (Å²) in [6.45, 7) is 2.52. The van der Waals surface area contributed by atoms with Crippen LogP contribution >= 0.6 is 0 Å². The van der Waals surface area contributed by atoms with Gasteiger partial charge in [0, 0.05) is 6.20 Å². The van der Waals surface area contributed by atoms with Crippen molar-refractivity contribution in [2.75, 3.05) is 10.8 Å². The Morgan fingerprint density at radius 1 is 1.69 bits per heavy atom. The molecule has 0 bridgehead atoms. The monoisotopic (exact) mass is 198 g/mol. The minimum atomic E-state index is -1.37. The van der Waals surface area contributed by atoms with E-state index >= 15 is 0 Å². The molecule has 0 radical (unpaired) electrons. The van der Waals surface area contributed by atoms with Crippen molar-refractivity contribution in [2.24, 2.45) is 0 Å². The second-order valence-electron chi connectivity index (χ2n) is 2.87. The molecule has 0 aromatic carbocycles. The van der Waals surface area contributed by atoms with Gasteiger partial charge in [0.25, 0.3) is 11.3 Å². The van der Waals surface area contributed by atoms with Gasteiger partial charge in [-0.05, 0) is 19.1 Å². The number of nitrogens with zero attached hydrogens (tertiary/aromatic N) is 2. The Bertz CT molecular complexity index is 317. The number of anilines is 1. The molecule has 1 aliphatic heterocycles. The molecule has 0 N–H and O–H groups in total. The van der Waals surface area contributed by atoms with Crippen LogP contribution in [-0.2, 0) is 15.4 Å². The average molecular weight is 198 g/mol. The lowest BCUT2D eigenvalue weighted by atomic mass is 10.4. The molecule has 1 aromatic rings. The second-order valence-corrected chi connectivity index (χ2v) is 3.94. The third-order valence-corrected chi connectivity index (χ3v) is 2.94. The maximum atomic E-state index is 11.4. The molecule has 2 rings (SSSR count). The van der Waals surface area contributed by atoms with Gasteiger partial charge in [-0.1, -0.05) is 6.07 Å². The summed E-state index contributed by atoms with van der Waals surface area (Å²) in [5, 5.41) is 0. The van der Waals surface area contributed by atoms with Crippen LogP contribution in [0.3, 0.4) is 0 Å². The summed E-state index contributed by atoms with van der Waals surface area (Å²) in [7, 11) is 0. The lowest BCUT2D eigenvalue weighted by Crippen LogP contribution is -2.21. The third-order valence-electron chi connectivity index (χ3n) is 1.75. The highest BCUT2D eigenvalue weighted by atomic mass is 32.2. The van der Waals surface area contributed by atoms with Crippen molar-refractivity contribution in [3.8, 4) is 0 Å². The van der Waals surface area contributed by atoms with Crippen molar-refractivity contribution in [3.63, 3.8) is 0 Å². The van der Waals surface area contributed by atoms with Crippen LogP contribution in [0.15, 0.2) is 24.4 Å². The first-order valence-corrected chi connectivity index (χ1v) is 5.08. The van der Waals surface area contributed by atoms with E-state index in [2.05, 4.69) is 4.98 Å². The van der Waals surface area contributed by atoms with Crippen LogP contribution < -0.4 is 4.31 Å². The zero-order valence-corrected chi connectivity index (χ0v) is 8.03. The molecule has 0 amide bonds. The van der Waals surface area contributed by atoms with E-state index in [1.54, 1.807) is 10.5 Å². The van der Waals surface area contributed by atoms with Gasteiger partial charge in [-0.25, -0.2) is 13.5 Å². The van der Waals surface area contributed by atoms with Gasteiger partial charge >= 0.3 is 0 Å². The Balaban J connectivity index is 2.23. The standard InChI is InChI=1S/C8H10N2O2S/c1-7-6-10(13(11)12-7)8-4-2-3-5-9-8/h2-5,7H,6H2,1H3/t7-,13-/m0/s1. The van der Waals surface area contributed by atoms with E-state index in [1.165, 1.54) is 0 Å². The van der Waals surface area contributed by atoms with Crippen molar-refractivity contribution in [1.29, 1.82) is 0 Å². The minimum absolute atomic E-state index is 0.00263. The van der Waals surface area contributed by atoms with Gasteiger partial charge in [0.15, 0.2) is 0 Å². The van der Waals surface area contributed by atoms with Gasteiger partial charge in [0.1, 0.15) is 5.82 Å². The predicted molar refractivity (Wildman–Crippen MR) is 50.3 cm³/mol. The Hall–Kier alpha value is -0.940. The molecule has 1 saturated heterocycles. The number of pyridine rings is 1. The molecule has 2 heterocycles. The summed E-state index contributed by atoms with van der Waals surface area (Å²) >= 11 is -1.37. The number of rotatable bonds is 1. The first-order chi connectivity index (χ1) is 6.27. The Kier molecular flexibility index (Phi) is 2.28. The predicted octanol–water partition coefficient (Wildman–Crippen LogP) is 0.885. The van der Waals surface area contributed by atoms with E-state index in [-0.39, 0.29) is 6.10 Å². The topological polar surface area (TPSA) is 42.4 Å². The highest BCUT2D eigenvalue weighted by Crippen LogP contribution is 2.20. The fourth-order valence-corrected chi connectivity index (χ4v) is 2.23. The van der Waals surface area contributed by atoms with Crippen molar-refractivity contribution in [1.82, 2.24) is 4.98 Å². The first kappa shape index (κ1) is 8.65. The van der Waals surface area contributed by atoms with Crippen LogP contribution in [-0.4, -0.2) is 21.8 Å². The van der Waals surface area contributed by atoms with Crippen LogP contribution in [0.4, 0.5) is 5.82 Å². The van der Waals surface area contributed by atoms with Crippen LogP contribution in [0.5, 0.6) is 0 Å². The van der Waals surface area contributed by atoms with Gasteiger partial charge < -0.3 is 0 Å². The highest BCUT2D eigenvalue weighted by Gasteiger charge is 2.28. The lowest BCUT2D eigenvalue weighted by molar-refractivity contribution is 0.287. The van der Waals surface area contributed by atoms with E-state index in [0.717, 1.165) is 0 Å². The largest absolute Gasteiger partial charge is 0.269 e. The normalized spacial score (nSPS) is 27.9. The first-order valence-electron chi connectivity index (χ1n) is 4.05. The van der Waals surface area contributed by atoms with Crippen molar-refractivity contribution in [2.45, 2.75) is 13.0 Å². The molecule has 70 valence electrons. The summed E-state index contributed by atoms with van der Waals surface area (Å²) in [6, 6.07) is 5.51. The fraction of sp³-hybridized carbons (Fsp3) is 0.375. The molecular formula is C8H10N2O2S. The summed E-state index contributed by atoms with van der Waals surface area (Å²) in [5.41, 5.74) is 0. The number of hydrogen-bond donors (Lipinski definition) is 0. The molecular weight excluding hydrogens is 188 g/mol. The quantitative estimate of drug-likeness (QED) is 0.673. The van der Waals surface area contributed by atoms with Gasteiger partial charge in [-0.15, -0.1) is 0 Å². The van der Waals surface area contributed by atoms with E-state index in [1.807, 2.05) is 25.1 Å². The van der Waals surface area contributed by atoms with Gasteiger partial charge in [0.2, 0.25) is 0 Å². The Morgan fingerprint density at radius 3 is 3.08 bits per heavy atom. The Labute approximate surface area is 79.3 Å². The maximum absolute atomic E-state index is 11.4. The molecule has 0 unspecified atom stereocenters. The molecule has 1 aromatic heterocycles. The van der Waals surface area contributed by atoms with Crippen LogP contribution in [0.1, 0.15) is 6.92 Å². The summed E-state index contributed by atoms with van der Waals surface area (Å²) < 4.78 is 18.1. The smallest absolute Gasteiger partial charge is 0.266 e. The minimum Gasteiger partial charge on any atom is -0.269 e. The van der Waals surface area contributed by atoms with E-state index < -0.39 is 11.3 Å². The third kappa shape index (κ3) is 1.71. The SMILES string of the molecule is C[C@H]1CN(c2ccccn2)[S@@](=O)O1. The van der Waals surface area contributed by atoms with Crippen molar-refractivity contribution < 1.29 is 8.39 Å². The molecule has 0 aliphatic carbocycles. The molecule has 1 fully saturated rings. The van der Waals surface area contributed by atoms with Gasteiger partial charge in [-0.2, -0.15) is 0 Å². The summed E-state index contributed by atoms with van der Waals surface area (Å²) in [4.78, 5) is 4.10. The number of aromatic nitrogens is 1. The summed E-state index contributed by atoms with van der Waals surface area (Å²) in [6.07, 6.45) is 1.68. The van der Waals surface area contributed by atoms with Crippen molar-refractivity contribution >= 4 is 17.1 Å². The molecule has 13 heavy (non-hydrogen) atoms. The zero-order chi connectivity index (χ0) is 9.26. The summed E-state index contributed by atoms with van der Waals surface area (Å²) in [5.74, 6) is 0.699. The van der Waals surface area contributed by atoms with E-state index in [9.17, 15) is 4.21 Å². The molecule has 0 saturated carbocycles. The molecule has 2 atom stereocenters. The van der Waals surface area contributed by atoms with Crippen LogP contribution in [0.25, 0.3) is 0 Å². The van der Waals surface area contributed by atoms with Crippen molar-refractivity contribution in [3.05, 3.63) is 24.4 Å². The molecule has 1 aliphatic rings. The fourth-order valence-electron chi connectivity index (χ4n) is 1.19. The highest BCUT2D eigenvalue weighted by molar-refractivity contribution is 7.82. The zero-order valence-electron chi connectivity index (χ0n) is 7.21. The van der Waals surface area contributed by atoms with Gasteiger partial charge in [-0.3, -0.25) is 4.18 Å². The van der Waals surface area contributed by atoms with Crippen LogP contribution in [0.2, 0.25) is 0 Å². The Morgan fingerprint density at radius 2 is 2.54 bits per heavy atom. The van der Waals surface area contributed by atoms with Crippen LogP contribution in [0, 0.1) is 0 Å². The number of hydrogen-bond acceptors (Lipinski definition) is 3. The lowest BCUT2D eigenvalue weighted by Gasteiger charge is -2.11. The molecule has 5 heteroatoms. The molecule has 0 spiro atoms. The molecule has 4 nitrogen and oxygen atoms in total. The maximum Gasteiger partial charge on any atom is 0.266 e. The van der Waals surface area contributed by atoms with Gasteiger partial charge in [0.05, 0.1) is 12.6 Å². The van der Waals surface area contributed by atoms with E-state index in [0.29, 0.717) is 12.4 Å². The average Bonchev–Trinajstić information content (AvgIpc) is 2.47. The van der Waals surface area contributed by atoms with E-state index in [4.69, 9.17) is 4.18 Å².